The fourth-order valence-electron chi connectivity index (χ4n) is 2.98. The van der Waals surface area contributed by atoms with Gasteiger partial charge in [-0.15, -0.1) is 0 Å². The topological polar surface area (TPSA) is 9.72 Å². The zero-order chi connectivity index (χ0) is 28.2. The van der Waals surface area contributed by atoms with Gasteiger partial charge in [0.25, 0.3) is 0 Å². The van der Waals surface area contributed by atoms with Crippen LogP contribution in [-0.2, 0) is 37.9 Å². The van der Waals surface area contributed by atoms with Crippen molar-refractivity contribution in [3.63, 3.8) is 0 Å². The molecule has 0 fully saturated rings. The molecular weight excluding hydrogens is 768 g/mol. The predicted molar refractivity (Wildman–Crippen MR) is 190 cm³/mol. The van der Waals surface area contributed by atoms with E-state index < -0.39 is 0 Å². The van der Waals surface area contributed by atoms with Gasteiger partial charge in [-0.3, -0.25) is 0 Å². The van der Waals surface area contributed by atoms with Gasteiger partial charge in [-0.05, 0) is 38.5 Å². The van der Waals surface area contributed by atoms with Crippen molar-refractivity contribution < 1.29 is 0 Å². The number of rotatable bonds is 18. The molecule has 37 heavy (non-hydrogen) atoms. The van der Waals surface area contributed by atoms with Gasteiger partial charge in [-0.25, -0.2) is 0 Å². The average molecular weight is 822 g/mol. The van der Waals surface area contributed by atoms with Crippen molar-refractivity contribution in [1.82, 2.24) is 14.7 Å². The third-order valence-corrected chi connectivity index (χ3v) is 7.01. The van der Waals surface area contributed by atoms with Gasteiger partial charge in [-0.2, -0.15) is 0 Å². The molecule has 0 aromatic rings. The summed E-state index contributed by atoms with van der Waals surface area (Å²) >= 11 is 29.9. The summed E-state index contributed by atoms with van der Waals surface area (Å²) < 4.78 is 1.91. The Hall–Kier alpha value is 1.21. The molecular formula is C27H54BiN3S6. The third-order valence-electron chi connectivity index (χ3n) is 5.46. The van der Waals surface area contributed by atoms with Crippen molar-refractivity contribution in [2.75, 3.05) is 39.3 Å². The molecule has 3 nitrogen and oxygen atoms in total. The van der Waals surface area contributed by atoms with Crippen LogP contribution in [0.15, 0.2) is 0 Å². The van der Waals surface area contributed by atoms with Gasteiger partial charge in [0.15, 0.2) is 0 Å². The summed E-state index contributed by atoms with van der Waals surface area (Å²) in [6.07, 6.45) is 14.4. The van der Waals surface area contributed by atoms with Crippen LogP contribution in [0.2, 0.25) is 0 Å². The standard InChI is InChI=1S/3C9H19NS2.Bi/c3*1-3-5-7-10(9(11)12)8-6-4-2;/h3*3-8H2,1-2H3,(H,11,12);/q;;;+3/p-3. The first-order valence-electron chi connectivity index (χ1n) is 14.0. The maximum absolute atomic E-state index is 4.98. The maximum Gasteiger partial charge on any atom is 3.00 e. The number of hydrogen-bond acceptors (Lipinski definition) is 6. The van der Waals surface area contributed by atoms with Gasteiger partial charge in [0, 0.05) is 39.3 Å². The summed E-state index contributed by atoms with van der Waals surface area (Å²) in [6.45, 7) is 19.4. The van der Waals surface area contributed by atoms with Gasteiger partial charge in [0.1, 0.15) is 0 Å². The van der Waals surface area contributed by atoms with Crippen LogP contribution in [0.1, 0.15) is 119 Å². The second-order valence-corrected chi connectivity index (χ2v) is 12.0. The van der Waals surface area contributed by atoms with E-state index in [9.17, 15) is 0 Å². The Kier molecular flexibility index (Phi) is 43.1. The van der Waals surface area contributed by atoms with Crippen molar-refractivity contribution in [2.24, 2.45) is 0 Å². The zero-order valence-corrected chi connectivity index (χ0v) is 32.8. The first kappa shape index (κ1) is 45.2. The van der Waals surface area contributed by atoms with Crippen LogP contribution < -0.4 is 0 Å². The van der Waals surface area contributed by atoms with E-state index in [2.05, 4.69) is 56.2 Å². The van der Waals surface area contributed by atoms with E-state index in [4.69, 9.17) is 74.5 Å². The molecule has 10 heteroatoms. The SMILES string of the molecule is CCCCN(CCCC)C(=S)[S-].CCCCN(CCCC)C(=S)[S-].CCCCN(CCCC)C(=S)[S-].[Bi+3]. The molecule has 0 amide bonds. The first-order chi connectivity index (χ1) is 17.2. The summed E-state index contributed by atoms with van der Waals surface area (Å²) in [5.74, 6) is 0. The van der Waals surface area contributed by atoms with Crippen LogP contribution in [0.25, 0.3) is 0 Å². The van der Waals surface area contributed by atoms with Gasteiger partial charge in [0.05, 0.1) is 0 Å². The van der Waals surface area contributed by atoms with E-state index in [0.29, 0.717) is 13.0 Å². The van der Waals surface area contributed by atoms with E-state index in [1.807, 2.05) is 0 Å². The third kappa shape index (κ3) is 33.3. The minimum absolute atomic E-state index is 0. The van der Waals surface area contributed by atoms with Crippen LogP contribution in [0.4, 0.5) is 0 Å². The van der Waals surface area contributed by atoms with Gasteiger partial charge in [-0.1, -0.05) is 93.0 Å². The Bertz CT molecular complexity index is 431. The first-order valence-corrected chi connectivity index (χ1v) is 16.5. The maximum atomic E-state index is 4.98. The largest absolute Gasteiger partial charge is 3.00 e. The molecule has 0 aliphatic rings. The van der Waals surface area contributed by atoms with Gasteiger partial charge in [0.2, 0.25) is 0 Å². The quantitative estimate of drug-likeness (QED) is 0.0773. The molecule has 0 spiro atoms. The Balaban J connectivity index is -0.000000218. The molecule has 0 atom stereocenters. The number of thiocarbonyl (C=S) groups is 3. The van der Waals surface area contributed by atoms with Crippen LogP contribution in [0.5, 0.6) is 0 Å². The minimum Gasteiger partial charge on any atom is -0.411 e. The normalized spacial score (nSPS) is 9.57. The zero-order valence-electron chi connectivity index (χ0n) is 24.5. The van der Waals surface area contributed by atoms with E-state index in [1.54, 1.807) is 0 Å². The molecule has 0 aliphatic heterocycles. The fraction of sp³-hybridized carbons (Fsp3) is 0.889. The molecule has 218 valence electrons. The Morgan fingerprint density at radius 3 is 0.622 bits per heavy atom. The molecule has 0 unspecified atom stereocenters. The Morgan fingerprint density at radius 1 is 0.405 bits per heavy atom. The molecule has 0 bridgehead atoms. The Labute approximate surface area is 283 Å². The number of nitrogens with zero attached hydrogens (tertiary/aromatic N) is 3. The van der Waals surface area contributed by atoms with E-state index >= 15 is 0 Å². The summed E-state index contributed by atoms with van der Waals surface area (Å²) in [4.78, 5) is 6.41. The Morgan fingerprint density at radius 2 is 0.541 bits per heavy atom. The monoisotopic (exact) mass is 821 g/mol. The van der Waals surface area contributed by atoms with Crippen LogP contribution in [0.3, 0.4) is 0 Å². The fourth-order valence-corrected chi connectivity index (χ4v) is 4.07. The minimum atomic E-state index is 0. The molecule has 0 N–H and O–H groups in total. The second kappa shape index (κ2) is 35.2. The molecule has 2 radical (unpaired) electrons. The number of unbranched alkanes of at least 4 members (excludes halogenated alkanes) is 6. The van der Waals surface area contributed by atoms with E-state index in [0.717, 1.165) is 39.3 Å². The molecule has 0 saturated heterocycles. The van der Waals surface area contributed by atoms with Crippen LogP contribution in [0, 0.1) is 0 Å². The average Bonchev–Trinajstić information content (AvgIpc) is 2.84. The molecule has 0 saturated carbocycles. The summed E-state index contributed by atoms with van der Waals surface area (Å²) in [5.41, 5.74) is 0. The van der Waals surface area contributed by atoms with Crippen molar-refractivity contribution in [3.8, 4) is 0 Å². The van der Waals surface area contributed by atoms with E-state index in [1.165, 1.54) is 77.0 Å². The second-order valence-electron chi connectivity index (χ2n) is 8.88. The predicted octanol–water partition coefficient (Wildman–Crippen LogP) is 7.78. The number of hydrogen-bond donors (Lipinski definition) is 0. The molecule has 0 rings (SSSR count). The van der Waals surface area contributed by atoms with Crippen molar-refractivity contribution in [3.05, 3.63) is 0 Å². The summed E-state index contributed by atoms with van der Waals surface area (Å²) in [7, 11) is 0. The van der Waals surface area contributed by atoms with Crippen molar-refractivity contribution in [1.29, 1.82) is 0 Å². The summed E-state index contributed by atoms with van der Waals surface area (Å²) in [6, 6.07) is 0. The molecule has 0 aliphatic carbocycles. The molecule has 0 aromatic carbocycles. The van der Waals surface area contributed by atoms with Crippen LogP contribution >= 0.6 is 36.7 Å². The van der Waals surface area contributed by atoms with Gasteiger partial charge >= 0.3 is 26.2 Å². The van der Waals surface area contributed by atoms with E-state index in [-0.39, 0.29) is 26.2 Å². The molecule has 0 aromatic heterocycles. The smallest absolute Gasteiger partial charge is 0.411 e. The van der Waals surface area contributed by atoms with Crippen molar-refractivity contribution >= 4 is 114 Å². The van der Waals surface area contributed by atoms with Crippen LogP contribution in [-0.4, -0.2) is 93.1 Å². The molecule has 0 heterocycles. The van der Waals surface area contributed by atoms with Gasteiger partial charge < -0.3 is 89.2 Å². The summed E-state index contributed by atoms with van der Waals surface area (Å²) in [5, 5.41) is 0. The van der Waals surface area contributed by atoms with Crippen molar-refractivity contribution in [2.45, 2.75) is 119 Å².